The van der Waals surface area contributed by atoms with Gasteiger partial charge in [0.2, 0.25) is 0 Å². The molecule has 0 saturated heterocycles. The molecule has 142 valence electrons. The van der Waals surface area contributed by atoms with Crippen LogP contribution >= 0.6 is 27.3 Å². The van der Waals surface area contributed by atoms with Crippen LogP contribution in [0.4, 0.5) is 5.00 Å². The molecular weight excluding hydrogens is 424 g/mol. The smallest absolute Gasteiger partial charge is 0.161 e. The number of hydrogen-bond donors (Lipinski definition) is 1. The van der Waals surface area contributed by atoms with Crippen molar-refractivity contribution >= 4 is 38.5 Å². The summed E-state index contributed by atoms with van der Waals surface area (Å²) >= 11 is 5.07. The lowest BCUT2D eigenvalue weighted by atomic mass is 9.72. The van der Waals surface area contributed by atoms with Gasteiger partial charge in [0.05, 0.1) is 12.7 Å². The molecule has 0 radical (unpaired) electrons. The van der Waals surface area contributed by atoms with Gasteiger partial charge in [-0.2, -0.15) is 5.26 Å². The van der Waals surface area contributed by atoms with Gasteiger partial charge < -0.3 is 9.84 Å². The van der Waals surface area contributed by atoms with E-state index in [4.69, 9.17) is 4.74 Å². The molecule has 0 aliphatic heterocycles. The number of halogens is 1. The van der Waals surface area contributed by atoms with Crippen LogP contribution in [0.5, 0.6) is 11.5 Å². The molecule has 27 heavy (non-hydrogen) atoms. The fourth-order valence-corrected chi connectivity index (χ4v) is 5.12. The van der Waals surface area contributed by atoms with Crippen molar-refractivity contribution in [2.75, 3.05) is 7.11 Å². The van der Waals surface area contributed by atoms with Crippen molar-refractivity contribution < 1.29 is 9.84 Å². The maximum absolute atomic E-state index is 9.84. The quantitative estimate of drug-likeness (QED) is 0.587. The van der Waals surface area contributed by atoms with E-state index in [1.165, 1.54) is 17.6 Å². The van der Waals surface area contributed by atoms with Gasteiger partial charge >= 0.3 is 0 Å². The molecule has 0 amide bonds. The molecule has 3 rings (SSSR count). The fraction of sp³-hybridized carbons (Fsp3) is 0.429. The Kier molecular flexibility index (Phi) is 5.64. The second-order valence-electron chi connectivity index (χ2n) is 7.91. The van der Waals surface area contributed by atoms with Crippen LogP contribution < -0.4 is 4.74 Å². The average Bonchev–Trinajstić information content (AvgIpc) is 2.96. The molecule has 1 aromatic carbocycles. The van der Waals surface area contributed by atoms with Crippen molar-refractivity contribution in [2.24, 2.45) is 16.3 Å². The maximum Gasteiger partial charge on any atom is 0.161 e. The van der Waals surface area contributed by atoms with E-state index in [2.05, 4.69) is 47.8 Å². The van der Waals surface area contributed by atoms with Crippen molar-refractivity contribution in [3.05, 3.63) is 38.2 Å². The zero-order chi connectivity index (χ0) is 19.8. The summed E-state index contributed by atoms with van der Waals surface area (Å²) in [6.45, 7) is 6.86. The van der Waals surface area contributed by atoms with Crippen LogP contribution in [0.1, 0.15) is 48.8 Å². The van der Waals surface area contributed by atoms with Crippen LogP contribution in [0.15, 0.2) is 21.6 Å². The first-order valence-electron chi connectivity index (χ1n) is 8.89. The van der Waals surface area contributed by atoms with Gasteiger partial charge in [-0.25, -0.2) is 4.99 Å². The molecule has 1 aromatic heterocycles. The predicted molar refractivity (Wildman–Crippen MR) is 114 cm³/mol. The number of benzene rings is 1. The van der Waals surface area contributed by atoms with Gasteiger partial charge in [-0.15, -0.1) is 11.3 Å². The monoisotopic (exact) mass is 446 g/mol. The second kappa shape index (κ2) is 7.65. The summed E-state index contributed by atoms with van der Waals surface area (Å²) in [4.78, 5) is 5.91. The van der Waals surface area contributed by atoms with E-state index < -0.39 is 0 Å². The number of phenolic OH excluding ortho intramolecular Hbond substituents is 1. The number of methoxy groups -OCH3 is 1. The summed E-state index contributed by atoms with van der Waals surface area (Å²) in [7, 11) is 1.51. The van der Waals surface area contributed by atoms with Crippen LogP contribution in [0.2, 0.25) is 0 Å². The molecule has 1 N–H and O–H groups in total. The van der Waals surface area contributed by atoms with Gasteiger partial charge in [-0.05, 0) is 64.2 Å². The molecule has 0 fully saturated rings. The van der Waals surface area contributed by atoms with Gasteiger partial charge in [0.25, 0.3) is 0 Å². The van der Waals surface area contributed by atoms with E-state index >= 15 is 0 Å². The van der Waals surface area contributed by atoms with Crippen LogP contribution in [-0.2, 0) is 12.8 Å². The Morgan fingerprint density at radius 1 is 1.41 bits per heavy atom. The Bertz CT molecular complexity index is 935. The minimum atomic E-state index is 0.0686. The predicted octanol–water partition coefficient (Wildman–Crippen LogP) is 6.00. The number of rotatable bonds is 3. The van der Waals surface area contributed by atoms with Crippen LogP contribution in [-0.4, -0.2) is 18.4 Å². The van der Waals surface area contributed by atoms with Gasteiger partial charge in [0.1, 0.15) is 11.1 Å². The van der Waals surface area contributed by atoms with E-state index in [0.717, 1.165) is 34.3 Å². The second-order valence-corrected chi connectivity index (χ2v) is 9.84. The van der Waals surface area contributed by atoms with Crippen molar-refractivity contribution in [3.63, 3.8) is 0 Å². The van der Waals surface area contributed by atoms with E-state index in [0.29, 0.717) is 17.2 Å². The molecule has 1 aliphatic rings. The van der Waals surface area contributed by atoms with Gasteiger partial charge in [-0.1, -0.05) is 20.8 Å². The largest absolute Gasteiger partial charge is 0.504 e. The summed E-state index contributed by atoms with van der Waals surface area (Å²) < 4.78 is 5.88. The SMILES string of the molecule is COc1cc(C=Nc2sc3c(c2C#N)CC[C@H](C(C)(C)C)C3)c(Br)cc1O. The Morgan fingerprint density at radius 2 is 2.15 bits per heavy atom. The number of nitriles is 1. The molecule has 0 spiro atoms. The van der Waals surface area contributed by atoms with Crippen molar-refractivity contribution in [1.29, 1.82) is 5.26 Å². The summed E-state index contributed by atoms with van der Waals surface area (Å²) in [5.74, 6) is 1.08. The molecule has 2 aromatic rings. The highest BCUT2D eigenvalue weighted by atomic mass is 79.9. The highest BCUT2D eigenvalue weighted by Crippen LogP contribution is 2.45. The molecular formula is C21H23BrN2O2S. The molecule has 1 atom stereocenters. The Balaban J connectivity index is 1.94. The zero-order valence-corrected chi connectivity index (χ0v) is 18.4. The van der Waals surface area contributed by atoms with Gasteiger partial charge in [-0.3, -0.25) is 0 Å². The number of aromatic hydroxyl groups is 1. The first-order chi connectivity index (χ1) is 12.7. The summed E-state index contributed by atoms with van der Waals surface area (Å²) in [5, 5.41) is 20.3. The fourth-order valence-electron chi connectivity index (χ4n) is 3.47. The molecule has 6 heteroatoms. The number of nitrogens with zero attached hydrogens (tertiary/aromatic N) is 2. The number of phenols is 1. The highest BCUT2D eigenvalue weighted by molar-refractivity contribution is 9.10. The lowest BCUT2D eigenvalue weighted by Crippen LogP contribution is -2.26. The first-order valence-corrected chi connectivity index (χ1v) is 10.5. The lowest BCUT2D eigenvalue weighted by Gasteiger charge is -2.33. The summed E-state index contributed by atoms with van der Waals surface area (Å²) in [6.07, 6.45) is 4.80. The standard InChI is InChI=1S/C21H23BrN2O2S/c1-21(2,3)13-5-6-14-15(10-23)20(27-19(14)8-13)24-11-12-7-18(26-4)17(25)9-16(12)22/h7,9,11,13,25H,5-6,8H2,1-4H3/t13-/m0/s1. The third kappa shape index (κ3) is 4.04. The number of aliphatic imine (C=N–C) groups is 1. The molecule has 0 bridgehead atoms. The Morgan fingerprint density at radius 3 is 2.78 bits per heavy atom. The minimum absolute atomic E-state index is 0.0686. The molecule has 1 heterocycles. The van der Waals surface area contributed by atoms with Gasteiger partial charge in [0.15, 0.2) is 11.5 Å². The van der Waals surface area contributed by atoms with E-state index in [9.17, 15) is 10.4 Å². The lowest BCUT2D eigenvalue weighted by molar-refractivity contribution is 0.218. The van der Waals surface area contributed by atoms with E-state index in [-0.39, 0.29) is 11.2 Å². The Labute approximate surface area is 172 Å². The Hall–Kier alpha value is -1.84. The number of hydrogen-bond acceptors (Lipinski definition) is 5. The highest BCUT2D eigenvalue weighted by Gasteiger charge is 2.32. The van der Waals surface area contributed by atoms with Crippen LogP contribution in [0.3, 0.4) is 0 Å². The average molecular weight is 447 g/mol. The third-order valence-corrected chi connectivity index (χ3v) is 7.05. The van der Waals surface area contributed by atoms with Gasteiger partial charge in [0, 0.05) is 21.1 Å². The molecule has 4 nitrogen and oxygen atoms in total. The summed E-state index contributed by atoms with van der Waals surface area (Å²) in [5.41, 5.74) is 2.94. The van der Waals surface area contributed by atoms with E-state index in [1.807, 2.05) is 0 Å². The topological polar surface area (TPSA) is 65.6 Å². The molecule has 0 saturated carbocycles. The molecule has 0 unspecified atom stereocenters. The number of fused-ring (bicyclic) bond motifs is 1. The summed E-state index contributed by atoms with van der Waals surface area (Å²) in [6, 6.07) is 5.66. The molecule has 1 aliphatic carbocycles. The zero-order valence-electron chi connectivity index (χ0n) is 16.0. The minimum Gasteiger partial charge on any atom is -0.504 e. The number of thiophene rings is 1. The normalized spacial score (nSPS) is 17.0. The van der Waals surface area contributed by atoms with Crippen molar-refractivity contribution in [3.8, 4) is 17.6 Å². The maximum atomic E-state index is 9.84. The van der Waals surface area contributed by atoms with Crippen LogP contribution in [0, 0.1) is 22.7 Å². The first kappa shape index (κ1) is 19.9. The third-order valence-electron chi connectivity index (χ3n) is 5.20. The number of ether oxygens (including phenoxy) is 1. The van der Waals surface area contributed by atoms with Crippen molar-refractivity contribution in [2.45, 2.75) is 40.0 Å². The van der Waals surface area contributed by atoms with E-state index in [1.54, 1.807) is 29.7 Å². The van der Waals surface area contributed by atoms with Crippen molar-refractivity contribution in [1.82, 2.24) is 0 Å². The van der Waals surface area contributed by atoms with Crippen LogP contribution in [0.25, 0.3) is 0 Å².